The average molecular weight is 534 g/mol. The Hall–Kier alpha value is -2.36. The van der Waals surface area contributed by atoms with Crippen LogP contribution in [0.25, 0.3) is 27.5 Å². The number of hydrogen-bond donors (Lipinski definition) is 2. The smallest absolute Gasteiger partial charge is 0.355 e. The normalized spacial score (nSPS) is 11.4. The van der Waals surface area contributed by atoms with Crippen molar-refractivity contribution in [3.05, 3.63) is 69.5 Å². The molecule has 0 saturated carbocycles. The van der Waals surface area contributed by atoms with Gasteiger partial charge in [-0.15, -0.1) is 11.8 Å². The Balaban J connectivity index is 1.91. The van der Waals surface area contributed by atoms with Crippen LogP contribution in [0.15, 0.2) is 46.7 Å². The van der Waals surface area contributed by atoms with Gasteiger partial charge in [0.1, 0.15) is 0 Å². The molecule has 10 heteroatoms. The summed E-state index contributed by atoms with van der Waals surface area (Å²) in [6.07, 6.45) is 0. The Kier molecular flexibility index (Phi) is 7.35. The van der Waals surface area contributed by atoms with Crippen molar-refractivity contribution in [2.24, 2.45) is 5.73 Å². The molecule has 0 atom stereocenters. The number of carboxylic acid groups (broad SMARTS) is 1. The van der Waals surface area contributed by atoms with E-state index in [0.29, 0.717) is 43.9 Å². The van der Waals surface area contributed by atoms with Crippen molar-refractivity contribution in [2.75, 3.05) is 0 Å². The van der Waals surface area contributed by atoms with Crippen LogP contribution in [0.2, 0.25) is 10.0 Å². The fourth-order valence-electron chi connectivity index (χ4n) is 3.57. The second-order valence-electron chi connectivity index (χ2n) is 7.86. The lowest BCUT2D eigenvalue weighted by Crippen LogP contribution is -2.09. The topological polar surface area (TPSA) is 94.0 Å². The summed E-state index contributed by atoms with van der Waals surface area (Å²) in [7, 11) is 0. The predicted octanol–water partition coefficient (Wildman–Crippen LogP) is 6.94. The first kappa shape index (κ1) is 24.8. The number of hydrogen-bond acceptors (Lipinski definition) is 6. The molecular formula is C24H22Cl2N4O2S2. The fourth-order valence-corrected chi connectivity index (χ4v) is 6.34. The third-order valence-electron chi connectivity index (χ3n) is 5.02. The Morgan fingerprint density at radius 1 is 1.18 bits per heavy atom. The van der Waals surface area contributed by atoms with Gasteiger partial charge in [0.15, 0.2) is 5.69 Å². The van der Waals surface area contributed by atoms with E-state index < -0.39 is 5.97 Å². The van der Waals surface area contributed by atoms with Crippen LogP contribution in [0.3, 0.4) is 0 Å². The Morgan fingerprint density at radius 3 is 2.59 bits per heavy atom. The number of carboxylic acids is 1. The zero-order chi connectivity index (χ0) is 24.6. The zero-order valence-corrected chi connectivity index (χ0v) is 21.8. The highest BCUT2D eigenvalue weighted by atomic mass is 35.5. The van der Waals surface area contributed by atoms with E-state index in [1.54, 1.807) is 30.8 Å². The van der Waals surface area contributed by atoms with E-state index in [1.165, 1.54) is 16.0 Å². The molecule has 176 valence electrons. The van der Waals surface area contributed by atoms with Gasteiger partial charge in [-0.1, -0.05) is 72.7 Å². The lowest BCUT2D eigenvalue weighted by molar-refractivity contribution is 0.0688. The number of thiazole rings is 1. The van der Waals surface area contributed by atoms with Gasteiger partial charge < -0.3 is 10.8 Å². The molecule has 6 nitrogen and oxygen atoms in total. The number of rotatable bonds is 7. The van der Waals surface area contributed by atoms with Crippen LogP contribution in [0, 0.1) is 6.92 Å². The van der Waals surface area contributed by atoms with E-state index in [0.717, 1.165) is 20.9 Å². The SMILES string of the molecule is Cc1nn(-c2nc(-c3ccc(Cl)c(Cl)c3)c(SC(C)C)s2)c(C(=O)O)c1-c1cccc(CN)c1. The minimum Gasteiger partial charge on any atom is -0.476 e. The second-order valence-corrected chi connectivity index (χ2v) is 11.5. The van der Waals surface area contributed by atoms with E-state index in [9.17, 15) is 9.90 Å². The monoisotopic (exact) mass is 532 g/mol. The van der Waals surface area contributed by atoms with Gasteiger partial charge in [0.05, 0.1) is 25.6 Å². The highest BCUT2D eigenvalue weighted by molar-refractivity contribution is 8.01. The van der Waals surface area contributed by atoms with Crippen LogP contribution in [-0.2, 0) is 6.54 Å². The maximum Gasteiger partial charge on any atom is 0.355 e. The molecule has 0 radical (unpaired) electrons. The first-order chi connectivity index (χ1) is 16.2. The fraction of sp³-hybridized carbons (Fsp3) is 0.208. The quantitative estimate of drug-likeness (QED) is 0.250. The van der Waals surface area contributed by atoms with Crippen molar-refractivity contribution in [1.29, 1.82) is 0 Å². The maximum atomic E-state index is 12.4. The largest absolute Gasteiger partial charge is 0.476 e. The molecule has 0 amide bonds. The maximum absolute atomic E-state index is 12.4. The van der Waals surface area contributed by atoms with Gasteiger partial charge in [0.25, 0.3) is 0 Å². The van der Waals surface area contributed by atoms with Gasteiger partial charge in [-0.05, 0) is 36.2 Å². The Bertz CT molecular complexity index is 1380. The summed E-state index contributed by atoms with van der Waals surface area (Å²) >= 11 is 15.4. The number of benzene rings is 2. The van der Waals surface area contributed by atoms with Gasteiger partial charge >= 0.3 is 5.97 Å². The molecule has 0 fully saturated rings. The molecule has 4 aromatic rings. The minimum absolute atomic E-state index is 0.0576. The third kappa shape index (κ3) is 4.87. The van der Waals surface area contributed by atoms with Crippen molar-refractivity contribution in [1.82, 2.24) is 14.8 Å². The standard InChI is InChI=1S/C24H22Cl2N4O2S2/c1-12(2)33-23-20(16-7-8-17(25)18(26)10-16)28-24(34-23)30-21(22(31)32)19(13(3)29-30)15-6-4-5-14(9-15)11-27/h4-10,12H,11,27H2,1-3H3,(H,31,32). The third-order valence-corrected chi connectivity index (χ3v) is 8.00. The van der Waals surface area contributed by atoms with E-state index >= 15 is 0 Å². The minimum atomic E-state index is -1.09. The molecule has 0 bridgehead atoms. The van der Waals surface area contributed by atoms with Gasteiger partial charge in [-0.2, -0.15) is 9.78 Å². The van der Waals surface area contributed by atoms with Crippen molar-refractivity contribution >= 4 is 52.3 Å². The summed E-state index contributed by atoms with van der Waals surface area (Å²) in [5, 5.41) is 16.4. The van der Waals surface area contributed by atoms with E-state index in [1.807, 2.05) is 30.3 Å². The number of carbonyl (C=O) groups is 1. The van der Waals surface area contributed by atoms with Crippen LogP contribution >= 0.6 is 46.3 Å². The molecule has 2 aromatic heterocycles. The number of halogens is 2. The number of nitrogens with two attached hydrogens (primary N) is 1. The Labute approximate surface area is 215 Å². The first-order valence-electron chi connectivity index (χ1n) is 10.4. The molecule has 34 heavy (non-hydrogen) atoms. The number of aromatic carboxylic acids is 1. The van der Waals surface area contributed by atoms with Gasteiger partial charge in [-0.25, -0.2) is 9.78 Å². The average Bonchev–Trinajstić information content (AvgIpc) is 3.36. The van der Waals surface area contributed by atoms with Crippen LogP contribution in [0.5, 0.6) is 0 Å². The summed E-state index contributed by atoms with van der Waals surface area (Å²) in [5.41, 5.74) is 10.2. The molecule has 0 spiro atoms. The lowest BCUT2D eigenvalue weighted by atomic mass is 10.0. The molecule has 0 aliphatic heterocycles. The summed E-state index contributed by atoms with van der Waals surface area (Å²) in [6.45, 7) is 6.33. The summed E-state index contributed by atoms with van der Waals surface area (Å²) in [4.78, 5) is 17.2. The molecule has 3 N–H and O–H groups in total. The lowest BCUT2D eigenvalue weighted by Gasteiger charge is -2.06. The van der Waals surface area contributed by atoms with E-state index in [2.05, 4.69) is 18.9 Å². The molecule has 4 rings (SSSR count). The number of nitrogens with zero attached hydrogens (tertiary/aromatic N) is 3. The highest BCUT2D eigenvalue weighted by Crippen LogP contribution is 2.42. The van der Waals surface area contributed by atoms with Crippen molar-refractivity contribution in [3.8, 4) is 27.5 Å². The van der Waals surface area contributed by atoms with Gasteiger partial charge in [0.2, 0.25) is 5.13 Å². The summed E-state index contributed by atoms with van der Waals surface area (Å²) in [5.74, 6) is -1.09. The first-order valence-corrected chi connectivity index (χ1v) is 12.9. The zero-order valence-electron chi connectivity index (χ0n) is 18.7. The number of thioether (sulfide) groups is 1. The molecule has 0 saturated heterocycles. The van der Waals surface area contributed by atoms with E-state index in [-0.39, 0.29) is 5.69 Å². The number of aryl methyl sites for hydroxylation is 1. The summed E-state index contributed by atoms with van der Waals surface area (Å²) < 4.78 is 2.36. The second kappa shape index (κ2) is 10.1. The number of aromatic nitrogens is 3. The van der Waals surface area contributed by atoms with Gasteiger partial charge in [-0.3, -0.25) is 0 Å². The van der Waals surface area contributed by atoms with Crippen molar-refractivity contribution < 1.29 is 9.90 Å². The van der Waals surface area contributed by atoms with Crippen molar-refractivity contribution in [3.63, 3.8) is 0 Å². The van der Waals surface area contributed by atoms with Gasteiger partial charge in [0, 0.05) is 22.9 Å². The molecular weight excluding hydrogens is 511 g/mol. The molecule has 0 aliphatic rings. The Morgan fingerprint density at radius 2 is 1.94 bits per heavy atom. The highest BCUT2D eigenvalue weighted by Gasteiger charge is 2.27. The van der Waals surface area contributed by atoms with Crippen LogP contribution in [0.4, 0.5) is 0 Å². The van der Waals surface area contributed by atoms with Crippen molar-refractivity contribution in [2.45, 2.75) is 36.8 Å². The predicted molar refractivity (Wildman–Crippen MR) is 141 cm³/mol. The van der Waals surface area contributed by atoms with Crippen LogP contribution < -0.4 is 5.73 Å². The van der Waals surface area contributed by atoms with Crippen LogP contribution in [0.1, 0.15) is 35.6 Å². The molecule has 0 aliphatic carbocycles. The molecule has 0 unspecified atom stereocenters. The van der Waals surface area contributed by atoms with E-state index in [4.69, 9.17) is 33.9 Å². The van der Waals surface area contributed by atoms with Crippen LogP contribution in [-0.4, -0.2) is 31.1 Å². The summed E-state index contributed by atoms with van der Waals surface area (Å²) in [6, 6.07) is 12.9. The molecule has 2 aromatic carbocycles. The molecule has 2 heterocycles.